The molecule has 0 radical (unpaired) electrons. The van der Waals surface area contributed by atoms with Crippen LogP contribution in [0.2, 0.25) is 5.09 Å². The summed E-state index contributed by atoms with van der Waals surface area (Å²) in [6, 6.07) is 0. The fraction of sp³-hybridized carbons (Fsp3) is 1.00. The van der Waals surface area contributed by atoms with Crippen LogP contribution < -0.4 is 0 Å². The van der Waals surface area contributed by atoms with E-state index in [4.69, 9.17) is 0 Å². The number of nitrogens with zero attached hydrogens (tertiary/aromatic N) is 1. The van der Waals surface area contributed by atoms with Crippen molar-refractivity contribution >= 4 is 17.7 Å². The summed E-state index contributed by atoms with van der Waals surface area (Å²) in [7, 11) is 0. The van der Waals surface area contributed by atoms with Crippen molar-refractivity contribution < 1.29 is 0 Å². The quantitative estimate of drug-likeness (QED) is 0.443. The predicted octanol–water partition coefficient (Wildman–Crippen LogP) is 2.62. The SMILES string of the molecule is [Li][CH2]CCCCCN1CCCCC1. The van der Waals surface area contributed by atoms with Crippen LogP contribution in [-0.2, 0) is 0 Å². The van der Waals surface area contributed by atoms with E-state index in [9.17, 15) is 0 Å². The Labute approximate surface area is 92.5 Å². The van der Waals surface area contributed by atoms with Crippen LogP contribution in [0.25, 0.3) is 0 Å². The molecular weight excluding hydrogens is 153 g/mol. The predicted molar refractivity (Wildman–Crippen MR) is 59.3 cm³/mol. The summed E-state index contributed by atoms with van der Waals surface area (Å²) in [6.07, 6.45) is 10.1. The van der Waals surface area contributed by atoms with Gasteiger partial charge in [-0.2, -0.15) is 0 Å². The number of hydrogen-bond acceptors (Lipinski definition) is 1. The van der Waals surface area contributed by atoms with E-state index in [-0.39, 0.29) is 0 Å². The fourth-order valence-electron chi connectivity index (χ4n) is 2.12. The van der Waals surface area contributed by atoms with Gasteiger partial charge in [0.2, 0.25) is 0 Å². The Morgan fingerprint density at radius 2 is 1.54 bits per heavy atom. The van der Waals surface area contributed by atoms with E-state index in [1.54, 1.807) is 0 Å². The van der Waals surface area contributed by atoms with Crippen LogP contribution in [0.1, 0.15) is 44.9 Å². The van der Waals surface area contributed by atoms with Crippen molar-refractivity contribution in [3.63, 3.8) is 0 Å². The summed E-state index contributed by atoms with van der Waals surface area (Å²) in [5, 5.41) is 1.36. The van der Waals surface area contributed by atoms with E-state index in [0.29, 0.717) is 0 Å². The topological polar surface area (TPSA) is 3.24 Å². The summed E-state index contributed by atoms with van der Waals surface area (Å²) in [5.41, 5.74) is 0. The summed E-state index contributed by atoms with van der Waals surface area (Å²) >= 11 is 2.28. The molecule has 1 rings (SSSR count). The normalized spacial score (nSPS) is 19.2. The zero-order valence-electron chi connectivity index (χ0n) is 9.23. The van der Waals surface area contributed by atoms with Gasteiger partial charge in [0.15, 0.2) is 0 Å². The molecule has 1 aliphatic heterocycles. The van der Waals surface area contributed by atoms with E-state index >= 15 is 0 Å². The van der Waals surface area contributed by atoms with Gasteiger partial charge in [0.05, 0.1) is 0 Å². The molecule has 0 aromatic carbocycles. The second-order valence-electron chi connectivity index (χ2n) is 4.32. The van der Waals surface area contributed by atoms with Crippen molar-refractivity contribution in [2.24, 2.45) is 0 Å². The third-order valence-electron chi connectivity index (χ3n) is 3.03. The minimum absolute atomic E-state index is 1.36. The minimum atomic E-state index is 1.36. The summed E-state index contributed by atoms with van der Waals surface area (Å²) in [6.45, 7) is 4.10. The Hall–Kier alpha value is 0.557. The molecule has 1 nitrogen and oxygen atoms in total. The molecule has 13 heavy (non-hydrogen) atoms. The molecule has 1 fully saturated rings. The van der Waals surface area contributed by atoms with Crippen LogP contribution in [0.15, 0.2) is 0 Å². The summed E-state index contributed by atoms with van der Waals surface area (Å²) < 4.78 is 0. The number of unbranched alkanes of at least 4 members (excludes halogenated alkanes) is 3. The molecule has 0 aliphatic carbocycles. The van der Waals surface area contributed by atoms with Gasteiger partial charge in [-0.3, -0.25) is 0 Å². The fourth-order valence-corrected chi connectivity index (χ4v) is 2.12. The molecule has 1 saturated heterocycles. The first-order valence-electron chi connectivity index (χ1n) is 6.16. The molecule has 1 aliphatic rings. The Balaban J connectivity index is 1.86. The molecule has 72 valence electrons. The molecule has 1 heterocycles. The first-order valence-corrected chi connectivity index (χ1v) is 6.16. The summed E-state index contributed by atoms with van der Waals surface area (Å²) in [5.74, 6) is 0. The average Bonchev–Trinajstić information content (AvgIpc) is 2.19. The third kappa shape index (κ3) is 5.78. The van der Waals surface area contributed by atoms with Crippen molar-refractivity contribution in [2.45, 2.75) is 50.0 Å². The number of rotatable bonds is 6. The van der Waals surface area contributed by atoms with E-state index in [1.165, 1.54) is 69.7 Å². The molecule has 0 N–H and O–H groups in total. The van der Waals surface area contributed by atoms with Crippen LogP contribution >= 0.6 is 0 Å². The van der Waals surface area contributed by atoms with E-state index < -0.39 is 0 Å². The second-order valence-corrected chi connectivity index (χ2v) is 4.32. The van der Waals surface area contributed by atoms with Crippen LogP contribution in [-0.4, -0.2) is 42.2 Å². The Morgan fingerprint density at radius 3 is 2.23 bits per heavy atom. The molecule has 0 aromatic heterocycles. The van der Waals surface area contributed by atoms with Crippen molar-refractivity contribution in [1.82, 2.24) is 4.90 Å². The molecular formula is C11H22LiN. The van der Waals surface area contributed by atoms with Gasteiger partial charge in [0.25, 0.3) is 0 Å². The van der Waals surface area contributed by atoms with Gasteiger partial charge in [-0.05, 0) is 0 Å². The molecule has 0 aromatic rings. The number of likely N-dealkylation sites (tertiary alicyclic amines) is 1. The maximum atomic E-state index is 2.65. The standard InChI is InChI=1S/C11H22N.Li/c1-2-3-4-6-9-12-10-7-5-8-11-12;/h1-11H2;. The van der Waals surface area contributed by atoms with Crippen LogP contribution in [0.5, 0.6) is 0 Å². The van der Waals surface area contributed by atoms with Gasteiger partial charge >= 0.3 is 92.3 Å². The van der Waals surface area contributed by atoms with Crippen molar-refractivity contribution in [2.75, 3.05) is 19.6 Å². The van der Waals surface area contributed by atoms with Crippen LogP contribution in [0, 0.1) is 0 Å². The summed E-state index contributed by atoms with van der Waals surface area (Å²) in [4.78, 5) is 2.65. The number of hydrogen-bond donors (Lipinski definition) is 0. The second kappa shape index (κ2) is 7.92. The van der Waals surface area contributed by atoms with Crippen molar-refractivity contribution in [3.8, 4) is 0 Å². The van der Waals surface area contributed by atoms with Crippen LogP contribution in [0.3, 0.4) is 0 Å². The molecule has 0 unspecified atom stereocenters. The Kier molecular flexibility index (Phi) is 7.08. The molecule has 0 bridgehead atoms. The third-order valence-corrected chi connectivity index (χ3v) is 3.03. The van der Waals surface area contributed by atoms with Crippen LogP contribution in [0.4, 0.5) is 0 Å². The number of piperidine rings is 1. The van der Waals surface area contributed by atoms with E-state index in [1.807, 2.05) is 0 Å². The van der Waals surface area contributed by atoms with E-state index in [2.05, 4.69) is 22.6 Å². The Morgan fingerprint density at radius 1 is 0.846 bits per heavy atom. The Bertz CT molecular complexity index is 111. The molecule has 0 amide bonds. The average molecular weight is 175 g/mol. The molecule has 0 saturated carbocycles. The van der Waals surface area contributed by atoms with Gasteiger partial charge in [-0.1, -0.05) is 0 Å². The molecule has 0 atom stereocenters. The molecule has 2 heteroatoms. The van der Waals surface area contributed by atoms with Crippen molar-refractivity contribution in [1.29, 1.82) is 0 Å². The monoisotopic (exact) mass is 175 g/mol. The van der Waals surface area contributed by atoms with Gasteiger partial charge in [-0.25, -0.2) is 0 Å². The zero-order valence-corrected chi connectivity index (χ0v) is 9.23. The molecule has 0 spiro atoms. The van der Waals surface area contributed by atoms with E-state index in [0.717, 1.165) is 0 Å². The maximum absolute atomic E-state index is 2.65. The zero-order chi connectivity index (χ0) is 9.36. The first kappa shape index (κ1) is 11.6. The van der Waals surface area contributed by atoms with Gasteiger partial charge < -0.3 is 0 Å². The van der Waals surface area contributed by atoms with Crippen molar-refractivity contribution in [3.05, 3.63) is 0 Å². The van der Waals surface area contributed by atoms with Gasteiger partial charge in [0, 0.05) is 0 Å². The van der Waals surface area contributed by atoms with Gasteiger partial charge in [-0.15, -0.1) is 0 Å². The van der Waals surface area contributed by atoms with Gasteiger partial charge in [0.1, 0.15) is 0 Å². The first-order chi connectivity index (χ1) is 6.43.